The van der Waals surface area contributed by atoms with Crippen LogP contribution in [0.1, 0.15) is 50.0 Å². The molecule has 3 aromatic rings. The lowest BCUT2D eigenvalue weighted by Crippen LogP contribution is -2.49. The van der Waals surface area contributed by atoms with Crippen LogP contribution in [-0.4, -0.2) is 52.1 Å². The van der Waals surface area contributed by atoms with Crippen molar-refractivity contribution in [3.05, 3.63) is 94.3 Å². The number of nitrogens with zero attached hydrogens (tertiary/aromatic N) is 2. The van der Waals surface area contributed by atoms with E-state index in [9.17, 15) is 14.7 Å². The first-order valence-electron chi connectivity index (χ1n) is 12.3. The molecule has 0 bridgehead atoms. The summed E-state index contributed by atoms with van der Waals surface area (Å²) in [6, 6.07) is 17.0. The molecule has 3 N–H and O–H groups in total. The van der Waals surface area contributed by atoms with Crippen LogP contribution in [0.25, 0.3) is 0 Å². The van der Waals surface area contributed by atoms with Gasteiger partial charge in [0, 0.05) is 37.4 Å². The molecule has 0 aliphatic carbocycles. The van der Waals surface area contributed by atoms with Crippen LogP contribution in [0.3, 0.4) is 0 Å². The summed E-state index contributed by atoms with van der Waals surface area (Å²) in [5.41, 5.74) is 4.92. The Hall–Kier alpha value is -3.75. The molecule has 2 aliphatic heterocycles. The highest BCUT2D eigenvalue weighted by Crippen LogP contribution is 2.31. The molecule has 2 atom stereocenters. The summed E-state index contributed by atoms with van der Waals surface area (Å²) in [6.07, 6.45) is 1.65. The number of benzene rings is 2. The van der Waals surface area contributed by atoms with E-state index in [1.165, 1.54) is 11.1 Å². The normalized spacial score (nSPS) is 17.3. The molecular formula is C28H30N4O4. The first-order valence-corrected chi connectivity index (χ1v) is 12.3. The van der Waals surface area contributed by atoms with E-state index in [1.54, 1.807) is 23.2 Å². The highest BCUT2D eigenvalue weighted by atomic mass is 16.5. The van der Waals surface area contributed by atoms with Crippen molar-refractivity contribution < 1.29 is 19.4 Å². The van der Waals surface area contributed by atoms with Gasteiger partial charge in [-0.1, -0.05) is 30.3 Å². The van der Waals surface area contributed by atoms with Gasteiger partial charge < -0.3 is 25.4 Å². The van der Waals surface area contributed by atoms with Crippen molar-refractivity contribution in [1.82, 2.24) is 20.5 Å². The van der Waals surface area contributed by atoms with Crippen LogP contribution >= 0.6 is 0 Å². The number of pyridine rings is 1. The first kappa shape index (κ1) is 24.0. The number of carbonyl (C=O) groups is 2. The van der Waals surface area contributed by atoms with Crippen LogP contribution in [0.15, 0.2) is 60.8 Å². The van der Waals surface area contributed by atoms with Crippen LogP contribution in [0.4, 0.5) is 0 Å². The van der Waals surface area contributed by atoms with Crippen LogP contribution in [0.5, 0.6) is 5.75 Å². The van der Waals surface area contributed by atoms with Gasteiger partial charge in [-0.2, -0.15) is 0 Å². The third kappa shape index (κ3) is 4.96. The maximum absolute atomic E-state index is 13.1. The van der Waals surface area contributed by atoms with Gasteiger partial charge in [0.05, 0.1) is 30.5 Å². The summed E-state index contributed by atoms with van der Waals surface area (Å²) in [6.45, 7) is 3.77. The van der Waals surface area contributed by atoms with E-state index in [4.69, 9.17) is 4.74 Å². The molecule has 1 aromatic heterocycles. The Morgan fingerprint density at radius 3 is 2.78 bits per heavy atom. The van der Waals surface area contributed by atoms with Gasteiger partial charge in [-0.25, -0.2) is 0 Å². The molecule has 186 valence electrons. The van der Waals surface area contributed by atoms with Crippen molar-refractivity contribution in [2.45, 2.75) is 45.1 Å². The summed E-state index contributed by atoms with van der Waals surface area (Å²) >= 11 is 0. The Kier molecular flexibility index (Phi) is 6.97. The lowest BCUT2D eigenvalue weighted by Gasteiger charge is -2.30. The SMILES string of the molecule is CCOc1cc2c(cc1C(=O)NCC(O)C1Cc3ccccc3CN1)CN(Cc1ccccn1)C2=O. The Balaban J connectivity index is 1.27. The van der Waals surface area contributed by atoms with Crippen LogP contribution < -0.4 is 15.4 Å². The maximum Gasteiger partial charge on any atom is 0.255 e. The second kappa shape index (κ2) is 10.5. The van der Waals surface area contributed by atoms with Crippen molar-refractivity contribution in [2.75, 3.05) is 13.2 Å². The molecule has 8 nitrogen and oxygen atoms in total. The van der Waals surface area contributed by atoms with Crippen molar-refractivity contribution in [3.8, 4) is 5.75 Å². The van der Waals surface area contributed by atoms with Gasteiger partial charge >= 0.3 is 0 Å². The van der Waals surface area contributed by atoms with Crippen molar-refractivity contribution in [3.63, 3.8) is 0 Å². The second-order valence-electron chi connectivity index (χ2n) is 9.16. The number of ether oxygens (including phenoxy) is 1. The van der Waals surface area contributed by atoms with Crippen molar-refractivity contribution in [2.24, 2.45) is 0 Å². The molecular weight excluding hydrogens is 456 g/mol. The number of fused-ring (bicyclic) bond motifs is 2. The molecule has 0 fully saturated rings. The van der Waals surface area contributed by atoms with Crippen LogP contribution in [-0.2, 0) is 26.1 Å². The van der Waals surface area contributed by atoms with Crippen LogP contribution in [0.2, 0.25) is 0 Å². The molecule has 2 amide bonds. The second-order valence-corrected chi connectivity index (χ2v) is 9.16. The van der Waals surface area contributed by atoms with E-state index in [-0.39, 0.29) is 24.4 Å². The number of hydrogen-bond donors (Lipinski definition) is 3. The predicted octanol–water partition coefficient (Wildman–Crippen LogP) is 2.44. The summed E-state index contributed by atoms with van der Waals surface area (Å²) in [5.74, 6) is -0.0873. The monoisotopic (exact) mass is 486 g/mol. The standard InChI is InChI=1S/C28H30N4O4/c1-2-36-26-13-22-20(16-32(28(22)35)17-21-9-5-6-10-29-21)11-23(26)27(34)31-15-25(33)24-12-18-7-3-4-8-19(18)14-30-24/h3-11,13,24-25,30,33H,2,12,14-17H2,1H3,(H,31,34). The van der Waals surface area contributed by atoms with Gasteiger partial charge in [0.1, 0.15) is 5.75 Å². The fraction of sp³-hybridized carbons (Fsp3) is 0.321. The van der Waals surface area contributed by atoms with Gasteiger partial charge in [0.15, 0.2) is 0 Å². The zero-order valence-electron chi connectivity index (χ0n) is 20.2. The Labute approximate surface area is 210 Å². The summed E-state index contributed by atoms with van der Waals surface area (Å²) in [4.78, 5) is 32.2. The van der Waals surface area contributed by atoms with E-state index in [1.807, 2.05) is 37.3 Å². The maximum atomic E-state index is 13.1. The van der Waals surface area contributed by atoms with E-state index < -0.39 is 6.10 Å². The quantitative estimate of drug-likeness (QED) is 0.452. The predicted molar refractivity (Wildman–Crippen MR) is 135 cm³/mol. The smallest absolute Gasteiger partial charge is 0.255 e. The fourth-order valence-electron chi connectivity index (χ4n) is 4.86. The average Bonchev–Trinajstić information content (AvgIpc) is 3.21. The topological polar surface area (TPSA) is 104 Å². The molecule has 8 heteroatoms. The van der Waals surface area contributed by atoms with Crippen molar-refractivity contribution >= 4 is 11.8 Å². The zero-order chi connectivity index (χ0) is 25.1. The zero-order valence-corrected chi connectivity index (χ0v) is 20.2. The molecule has 2 aliphatic rings. The Bertz CT molecular complexity index is 1260. The minimum atomic E-state index is -0.747. The number of aliphatic hydroxyl groups is 1. The number of hydrogen-bond acceptors (Lipinski definition) is 6. The number of nitrogens with one attached hydrogen (secondary N) is 2. The molecule has 0 spiro atoms. The number of carbonyl (C=O) groups excluding carboxylic acids is 2. The summed E-state index contributed by atoms with van der Waals surface area (Å²) in [5, 5.41) is 17.0. The minimum Gasteiger partial charge on any atom is -0.493 e. The molecule has 2 unspecified atom stereocenters. The highest BCUT2D eigenvalue weighted by molar-refractivity contribution is 6.03. The molecule has 0 saturated heterocycles. The lowest BCUT2D eigenvalue weighted by molar-refractivity contribution is 0.0764. The van der Waals surface area contributed by atoms with Gasteiger partial charge in [0.2, 0.25) is 0 Å². The van der Waals surface area contributed by atoms with Gasteiger partial charge in [-0.3, -0.25) is 14.6 Å². The third-order valence-corrected chi connectivity index (χ3v) is 6.76. The number of rotatable bonds is 8. The summed E-state index contributed by atoms with van der Waals surface area (Å²) in [7, 11) is 0. The highest BCUT2D eigenvalue weighted by Gasteiger charge is 2.31. The van der Waals surface area contributed by atoms with E-state index in [2.05, 4.69) is 27.8 Å². The van der Waals surface area contributed by atoms with Gasteiger partial charge in [-0.05, 0) is 54.3 Å². The van der Waals surface area contributed by atoms with Gasteiger partial charge in [-0.15, -0.1) is 0 Å². The summed E-state index contributed by atoms with van der Waals surface area (Å²) < 4.78 is 5.73. The largest absolute Gasteiger partial charge is 0.493 e. The Morgan fingerprint density at radius 2 is 2.00 bits per heavy atom. The molecule has 2 aromatic carbocycles. The molecule has 3 heterocycles. The van der Waals surface area contributed by atoms with E-state index >= 15 is 0 Å². The Morgan fingerprint density at radius 1 is 1.19 bits per heavy atom. The number of aromatic nitrogens is 1. The van der Waals surface area contributed by atoms with E-state index in [0.29, 0.717) is 49.5 Å². The first-order chi connectivity index (χ1) is 17.5. The lowest BCUT2D eigenvalue weighted by atomic mass is 9.93. The molecule has 5 rings (SSSR count). The molecule has 0 radical (unpaired) electrons. The van der Waals surface area contributed by atoms with Gasteiger partial charge in [0.25, 0.3) is 11.8 Å². The van der Waals surface area contributed by atoms with E-state index in [0.717, 1.165) is 11.3 Å². The minimum absolute atomic E-state index is 0.103. The van der Waals surface area contributed by atoms with Crippen LogP contribution in [0, 0.1) is 0 Å². The molecule has 36 heavy (non-hydrogen) atoms. The average molecular weight is 487 g/mol. The molecule has 0 saturated carbocycles. The van der Waals surface area contributed by atoms with Crippen molar-refractivity contribution in [1.29, 1.82) is 0 Å². The third-order valence-electron chi connectivity index (χ3n) is 6.76. The number of amides is 2. The fourth-order valence-corrected chi connectivity index (χ4v) is 4.86. The number of aliphatic hydroxyl groups excluding tert-OH is 1.